The van der Waals surface area contributed by atoms with Crippen molar-refractivity contribution in [2.75, 3.05) is 16.4 Å². The highest BCUT2D eigenvalue weighted by Gasteiger charge is 2.14. The molecule has 29 heavy (non-hydrogen) atoms. The predicted molar refractivity (Wildman–Crippen MR) is 110 cm³/mol. The lowest BCUT2D eigenvalue weighted by Crippen LogP contribution is -2.14. The van der Waals surface area contributed by atoms with E-state index in [4.69, 9.17) is 0 Å². The van der Waals surface area contributed by atoms with E-state index < -0.39 is 11.7 Å². The van der Waals surface area contributed by atoms with Crippen LogP contribution in [0.4, 0.5) is 15.2 Å². The van der Waals surface area contributed by atoms with Crippen LogP contribution in [0.15, 0.2) is 52.9 Å². The zero-order valence-electron chi connectivity index (χ0n) is 15.1. The molecule has 0 bridgehead atoms. The van der Waals surface area contributed by atoms with E-state index >= 15 is 0 Å². The molecule has 0 saturated heterocycles. The summed E-state index contributed by atoms with van der Waals surface area (Å²) in [6.45, 7) is 1.47. The van der Waals surface area contributed by atoms with Crippen LogP contribution in [-0.4, -0.2) is 33.5 Å². The Bertz CT molecular complexity index is 1050. The number of nitrogens with one attached hydrogen (secondary N) is 2. The maximum Gasteiger partial charge on any atom is 0.260 e. The lowest BCUT2D eigenvalue weighted by atomic mass is 10.1. The van der Waals surface area contributed by atoms with Crippen molar-refractivity contribution in [2.24, 2.45) is 0 Å². The van der Waals surface area contributed by atoms with E-state index in [0.717, 1.165) is 23.1 Å². The summed E-state index contributed by atoms with van der Waals surface area (Å²) in [5.41, 5.74) is 1.05. The summed E-state index contributed by atoms with van der Waals surface area (Å²) in [5, 5.41) is 13.1. The number of rotatable bonds is 7. The van der Waals surface area contributed by atoms with Gasteiger partial charge in [-0.05, 0) is 43.3 Å². The number of amides is 2. The van der Waals surface area contributed by atoms with E-state index in [1.54, 1.807) is 30.3 Å². The van der Waals surface area contributed by atoms with Crippen molar-refractivity contribution in [1.82, 2.24) is 10.2 Å². The highest BCUT2D eigenvalue weighted by molar-refractivity contribution is 8.01. The van der Waals surface area contributed by atoms with Crippen LogP contribution in [0.3, 0.4) is 0 Å². The van der Waals surface area contributed by atoms with Crippen LogP contribution >= 0.6 is 23.1 Å². The Hall–Kier alpha value is -3.11. The molecule has 0 unspecified atom stereocenters. The van der Waals surface area contributed by atoms with Crippen molar-refractivity contribution in [2.45, 2.75) is 11.3 Å². The molecule has 148 valence electrons. The van der Waals surface area contributed by atoms with Crippen molar-refractivity contribution in [3.05, 3.63) is 65.5 Å². The SMILES string of the molecule is CC(=O)c1ccc(NC(=O)CSc2nnc(NC(=O)c3ccccc3F)s2)cc1. The summed E-state index contributed by atoms with van der Waals surface area (Å²) < 4.78 is 14.1. The number of ketones is 1. The highest BCUT2D eigenvalue weighted by atomic mass is 32.2. The second kappa shape index (κ2) is 9.39. The molecular weight excluding hydrogens is 415 g/mol. The van der Waals surface area contributed by atoms with Crippen LogP contribution in [0, 0.1) is 5.82 Å². The summed E-state index contributed by atoms with van der Waals surface area (Å²) in [6, 6.07) is 12.2. The molecule has 0 fully saturated rings. The lowest BCUT2D eigenvalue weighted by molar-refractivity contribution is -0.113. The van der Waals surface area contributed by atoms with E-state index in [9.17, 15) is 18.8 Å². The molecule has 1 heterocycles. The van der Waals surface area contributed by atoms with Crippen LogP contribution in [0.1, 0.15) is 27.6 Å². The third-order valence-electron chi connectivity index (χ3n) is 3.65. The maximum absolute atomic E-state index is 13.6. The van der Waals surface area contributed by atoms with Gasteiger partial charge in [-0.15, -0.1) is 10.2 Å². The second-order valence-corrected chi connectivity index (χ2v) is 7.98. The van der Waals surface area contributed by atoms with Gasteiger partial charge in [-0.25, -0.2) is 4.39 Å². The number of aromatic nitrogens is 2. The summed E-state index contributed by atoms with van der Waals surface area (Å²) in [4.78, 5) is 35.4. The number of carbonyl (C=O) groups excluding carboxylic acids is 3. The Morgan fingerprint density at radius 1 is 1.03 bits per heavy atom. The summed E-state index contributed by atoms with van der Waals surface area (Å²) in [7, 11) is 0. The van der Waals surface area contributed by atoms with Gasteiger partial charge in [0.2, 0.25) is 11.0 Å². The number of hydrogen-bond acceptors (Lipinski definition) is 7. The quantitative estimate of drug-likeness (QED) is 0.335. The molecule has 3 aromatic rings. The van der Waals surface area contributed by atoms with Crippen molar-refractivity contribution in [3.63, 3.8) is 0 Å². The standard InChI is InChI=1S/C19H15FN4O3S2/c1-11(25)12-6-8-13(9-7-12)21-16(26)10-28-19-24-23-18(29-19)22-17(27)14-4-2-3-5-15(14)20/h2-9H,10H2,1H3,(H,21,26)(H,22,23,27). The smallest absolute Gasteiger partial charge is 0.260 e. The Morgan fingerprint density at radius 2 is 1.76 bits per heavy atom. The molecule has 0 aliphatic carbocycles. The number of nitrogens with zero attached hydrogens (tertiary/aromatic N) is 2. The van der Waals surface area contributed by atoms with Gasteiger partial charge in [-0.3, -0.25) is 19.7 Å². The number of Topliss-reactive ketones (excluding diaryl/α,β-unsaturated/α-hetero) is 1. The van der Waals surface area contributed by atoms with Gasteiger partial charge in [-0.2, -0.15) is 0 Å². The first-order valence-electron chi connectivity index (χ1n) is 8.35. The molecule has 7 nitrogen and oxygen atoms in total. The van der Waals surface area contributed by atoms with E-state index in [2.05, 4.69) is 20.8 Å². The van der Waals surface area contributed by atoms with E-state index in [-0.39, 0.29) is 28.1 Å². The first-order chi connectivity index (χ1) is 13.9. The number of carbonyl (C=O) groups is 3. The Kier molecular flexibility index (Phi) is 6.68. The highest BCUT2D eigenvalue weighted by Crippen LogP contribution is 2.26. The average molecular weight is 430 g/mol. The first kappa shape index (κ1) is 20.6. The second-order valence-electron chi connectivity index (χ2n) is 5.78. The average Bonchev–Trinajstić information content (AvgIpc) is 3.14. The summed E-state index contributed by atoms with van der Waals surface area (Å²) >= 11 is 2.24. The largest absolute Gasteiger partial charge is 0.325 e. The van der Waals surface area contributed by atoms with Crippen LogP contribution in [-0.2, 0) is 4.79 Å². The maximum atomic E-state index is 13.6. The van der Waals surface area contributed by atoms with Crippen LogP contribution in [0.25, 0.3) is 0 Å². The third-order valence-corrected chi connectivity index (χ3v) is 5.62. The van der Waals surface area contributed by atoms with Crippen molar-refractivity contribution < 1.29 is 18.8 Å². The van der Waals surface area contributed by atoms with Gasteiger partial charge in [0.15, 0.2) is 10.1 Å². The Balaban J connectivity index is 1.51. The number of thioether (sulfide) groups is 1. The molecule has 10 heteroatoms. The van der Waals surface area contributed by atoms with Gasteiger partial charge in [0.1, 0.15) is 5.82 Å². The number of halogens is 1. The lowest BCUT2D eigenvalue weighted by Gasteiger charge is -2.04. The number of hydrogen-bond donors (Lipinski definition) is 2. The minimum absolute atomic E-state index is 0.0485. The van der Waals surface area contributed by atoms with Gasteiger partial charge in [0, 0.05) is 11.3 Å². The molecule has 1 aromatic heterocycles. The fourth-order valence-corrected chi connectivity index (χ4v) is 3.79. The van der Waals surface area contributed by atoms with E-state index in [0.29, 0.717) is 15.6 Å². The minimum Gasteiger partial charge on any atom is -0.325 e. The van der Waals surface area contributed by atoms with Crippen LogP contribution < -0.4 is 10.6 Å². The first-order valence-corrected chi connectivity index (χ1v) is 10.2. The predicted octanol–water partition coefficient (Wildman–Crippen LogP) is 3.86. The Morgan fingerprint density at radius 3 is 2.45 bits per heavy atom. The van der Waals surface area contributed by atoms with E-state index in [1.165, 1.54) is 25.1 Å². The normalized spacial score (nSPS) is 10.4. The molecular formula is C19H15FN4O3S2. The molecule has 2 aromatic carbocycles. The van der Waals surface area contributed by atoms with Gasteiger partial charge < -0.3 is 5.32 Å². The number of benzene rings is 2. The van der Waals surface area contributed by atoms with Crippen molar-refractivity contribution >= 4 is 51.5 Å². The molecule has 0 atom stereocenters. The third kappa shape index (κ3) is 5.69. The molecule has 0 aliphatic heterocycles. The topological polar surface area (TPSA) is 101 Å². The van der Waals surface area contributed by atoms with Gasteiger partial charge in [0.25, 0.3) is 5.91 Å². The van der Waals surface area contributed by atoms with Gasteiger partial charge in [-0.1, -0.05) is 35.2 Å². The van der Waals surface area contributed by atoms with Crippen LogP contribution in [0.5, 0.6) is 0 Å². The van der Waals surface area contributed by atoms with Gasteiger partial charge in [0.05, 0.1) is 11.3 Å². The Labute approximate surface area is 173 Å². The molecule has 0 spiro atoms. The van der Waals surface area contributed by atoms with Crippen molar-refractivity contribution in [3.8, 4) is 0 Å². The number of anilines is 2. The molecule has 0 saturated carbocycles. The molecule has 3 rings (SSSR count). The fraction of sp³-hybridized carbons (Fsp3) is 0.105. The van der Waals surface area contributed by atoms with Crippen LogP contribution in [0.2, 0.25) is 0 Å². The zero-order chi connectivity index (χ0) is 20.8. The zero-order valence-corrected chi connectivity index (χ0v) is 16.8. The summed E-state index contributed by atoms with van der Waals surface area (Å²) in [5.74, 6) is -1.46. The summed E-state index contributed by atoms with van der Waals surface area (Å²) in [6.07, 6.45) is 0. The minimum atomic E-state index is -0.628. The van der Waals surface area contributed by atoms with Crippen molar-refractivity contribution in [1.29, 1.82) is 0 Å². The van der Waals surface area contributed by atoms with Gasteiger partial charge >= 0.3 is 0 Å². The molecule has 2 amide bonds. The molecule has 0 aliphatic rings. The van der Waals surface area contributed by atoms with E-state index in [1.807, 2.05) is 0 Å². The fourth-order valence-electron chi connectivity index (χ4n) is 2.24. The molecule has 2 N–H and O–H groups in total. The monoisotopic (exact) mass is 430 g/mol. The molecule has 0 radical (unpaired) electrons.